The molecule has 0 fully saturated rings. The van der Waals surface area contributed by atoms with E-state index in [1.54, 1.807) is 0 Å². The van der Waals surface area contributed by atoms with Crippen molar-refractivity contribution in [1.29, 1.82) is 0 Å². The first-order chi connectivity index (χ1) is 10.2. The summed E-state index contributed by atoms with van der Waals surface area (Å²) >= 11 is 0. The van der Waals surface area contributed by atoms with Gasteiger partial charge >= 0.3 is 6.03 Å². The normalized spacial score (nSPS) is 11.7. The molecule has 0 aliphatic rings. The first kappa shape index (κ1) is 18.4. The molecule has 0 spiro atoms. The molecule has 1 aromatic rings. The molecule has 0 bridgehead atoms. The van der Waals surface area contributed by atoms with Crippen LogP contribution in [-0.4, -0.2) is 44.1 Å². The van der Waals surface area contributed by atoms with E-state index in [4.69, 9.17) is 0 Å². The van der Waals surface area contributed by atoms with Crippen molar-refractivity contribution in [3.8, 4) is 0 Å². The maximum Gasteiger partial charge on any atom is 0.315 e. The molecule has 0 atom stereocenters. The smallest absolute Gasteiger partial charge is 0.315 e. The Morgan fingerprint density at radius 2 is 1.82 bits per heavy atom. The molecule has 1 rings (SSSR count). The van der Waals surface area contributed by atoms with E-state index >= 15 is 0 Å². The number of nitrogens with one attached hydrogen (secondary N) is 2. The summed E-state index contributed by atoms with van der Waals surface area (Å²) in [6.45, 7) is 6.50. The Morgan fingerprint density at radius 1 is 1.23 bits per heavy atom. The Balaban J connectivity index is 2.59. The van der Waals surface area contributed by atoms with E-state index in [1.807, 2.05) is 45.0 Å². The van der Waals surface area contributed by atoms with Crippen LogP contribution in [-0.2, 0) is 16.6 Å². The van der Waals surface area contributed by atoms with Crippen molar-refractivity contribution in [3.63, 3.8) is 0 Å². The zero-order valence-corrected chi connectivity index (χ0v) is 14.4. The second-order valence-electron chi connectivity index (χ2n) is 5.64. The lowest BCUT2D eigenvalue weighted by atomic mass is 10.1. The second-order valence-corrected chi connectivity index (χ2v) is 7.62. The zero-order chi connectivity index (χ0) is 16.8. The van der Waals surface area contributed by atoms with Gasteiger partial charge < -0.3 is 10.6 Å². The van der Waals surface area contributed by atoms with Crippen molar-refractivity contribution in [2.45, 2.75) is 33.4 Å². The molecule has 0 radical (unpaired) electrons. The van der Waals surface area contributed by atoms with Gasteiger partial charge in [-0.2, -0.15) is 4.31 Å². The van der Waals surface area contributed by atoms with Gasteiger partial charge in [0.15, 0.2) is 0 Å². The number of sulfonamides is 1. The van der Waals surface area contributed by atoms with E-state index in [9.17, 15) is 13.2 Å². The number of hydrogen-bond donors (Lipinski definition) is 2. The van der Waals surface area contributed by atoms with Crippen LogP contribution in [0.25, 0.3) is 0 Å². The molecule has 0 saturated carbocycles. The van der Waals surface area contributed by atoms with Crippen LogP contribution in [0, 0.1) is 6.92 Å². The van der Waals surface area contributed by atoms with E-state index in [0.29, 0.717) is 6.54 Å². The third kappa shape index (κ3) is 6.91. The van der Waals surface area contributed by atoms with Crippen molar-refractivity contribution in [2.75, 3.05) is 19.3 Å². The van der Waals surface area contributed by atoms with Crippen molar-refractivity contribution in [3.05, 3.63) is 35.4 Å². The fraction of sp³-hybridized carbons (Fsp3) is 0.533. The number of aryl methyl sites for hydroxylation is 1. The Hall–Kier alpha value is -1.60. The fourth-order valence-electron chi connectivity index (χ4n) is 1.87. The minimum atomic E-state index is -3.33. The summed E-state index contributed by atoms with van der Waals surface area (Å²) in [5, 5.41) is 5.35. The number of amides is 2. The molecule has 124 valence electrons. The van der Waals surface area contributed by atoms with Gasteiger partial charge in [0.1, 0.15) is 0 Å². The maximum atomic E-state index is 11.9. The van der Waals surface area contributed by atoms with E-state index in [-0.39, 0.29) is 25.2 Å². The minimum Gasteiger partial charge on any atom is -0.337 e. The SMILES string of the molecule is Cc1ccc(CN(CCNC(=O)NC(C)C)S(C)(=O)=O)cc1. The van der Waals surface area contributed by atoms with Crippen LogP contribution in [0.5, 0.6) is 0 Å². The quantitative estimate of drug-likeness (QED) is 0.796. The first-order valence-electron chi connectivity index (χ1n) is 7.23. The molecule has 0 heterocycles. The number of nitrogens with zero attached hydrogens (tertiary/aromatic N) is 1. The highest BCUT2D eigenvalue weighted by Crippen LogP contribution is 2.09. The molecule has 1 aromatic carbocycles. The topological polar surface area (TPSA) is 78.5 Å². The Labute approximate surface area is 132 Å². The standard InChI is InChI=1S/C15H25N3O3S/c1-12(2)17-15(19)16-9-10-18(22(4,20)21)11-14-7-5-13(3)6-8-14/h5-8,12H,9-11H2,1-4H3,(H2,16,17,19). The summed E-state index contributed by atoms with van der Waals surface area (Å²) in [4.78, 5) is 11.5. The Kier molecular flexibility index (Phi) is 6.83. The van der Waals surface area contributed by atoms with Gasteiger partial charge in [0.25, 0.3) is 0 Å². The monoisotopic (exact) mass is 327 g/mol. The molecule has 0 aromatic heterocycles. The van der Waals surface area contributed by atoms with E-state index in [2.05, 4.69) is 10.6 Å². The molecule has 6 nitrogen and oxygen atoms in total. The molecule has 0 unspecified atom stereocenters. The number of carbonyl (C=O) groups is 1. The van der Waals surface area contributed by atoms with Gasteiger partial charge in [0, 0.05) is 25.7 Å². The van der Waals surface area contributed by atoms with Crippen LogP contribution in [0.3, 0.4) is 0 Å². The Bertz CT molecular complexity index is 583. The van der Waals surface area contributed by atoms with Crippen LogP contribution in [0.2, 0.25) is 0 Å². The van der Waals surface area contributed by atoms with Crippen molar-refractivity contribution in [1.82, 2.24) is 14.9 Å². The Morgan fingerprint density at radius 3 is 2.32 bits per heavy atom. The van der Waals surface area contributed by atoms with Crippen LogP contribution in [0.1, 0.15) is 25.0 Å². The van der Waals surface area contributed by atoms with Gasteiger partial charge in [-0.25, -0.2) is 13.2 Å². The molecule has 2 amide bonds. The largest absolute Gasteiger partial charge is 0.337 e. The molecule has 0 saturated heterocycles. The van der Waals surface area contributed by atoms with Gasteiger partial charge in [-0.05, 0) is 26.3 Å². The van der Waals surface area contributed by atoms with Crippen molar-refractivity contribution < 1.29 is 13.2 Å². The molecule has 0 aliphatic carbocycles. The molecular formula is C15H25N3O3S. The third-order valence-electron chi connectivity index (χ3n) is 3.02. The number of benzene rings is 1. The van der Waals surface area contributed by atoms with Gasteiger partial charge in [-0.15, -0.1) is 0 Å². The highest BCUT2D eigenvalue weighted by atomic mass is 32.2. The number of rotatable bonds is 7. The maximum absolute atomic E-state index is 11.9. The first-order valence-corrected chi connectivity index (χ1v) is 9.08. The highest BCUT2D eigenvalue weighted by Gasteiger charge is 2.17. The summed E-state index contributed by atoms with van der Waals surface area (Å²) in [7, 11) is -3.33. The minimum absolute atomic E-state index is 0.0403. The average molecular weight is 327 g/mol. The lowest BCUT2D eigenvalue weighted by Gasteiger charge is -2.20. The highest BCUT2D eigenvalue weighted by molar-refractivity contribution is 7.88. The number of urea groups is 1. The molecule has 7 heteroatoms. The van der Waals surface area contributed by atoms with Crippen molar-refractivity contribution in [2.24, 2.45) is 0 Å². The van der Waals surface area contributed by atoms with E-state index in [1.165, 1.54) is 10.6 Å². The van der Waals surface area contributed by atoms with Crippen molar-refractivity contribution >= 4 is 16.1 Å². The van der Waals surface area contributed by atoms with Gasteiger partial charge in [0.05, 0.1) is 6.26 Å². The summed E-state index contributed by atoms with van der Waals surface area (Å²) in [6, 6.07) is 7.46. The lowest BCUT2D eigenvalue weighted by Crippen LogP contribution is -2.43. The van der Waals surface area contributed by atoms with E-state index < -0.39 is 10.0 Å². The average Bonchev–Trinajstić information content (AvgIpc) is 2.38. The van der Waals surface area contributed by atoms with Crippen LogP contribution in [0.15, 0.2) is 24.3 Å². The molecule has 22 heavy (non-hydrogen) atoms. The van der Waals surface area contributed by atoms with Gasteiger partial charge in [-0.3, -0.25) is 0 Å². The molecule has 0 aliphatic heterocycles. The second kappa shape index (κ2) is 8.14. The van der Waals surface area contributed by atoms with Gasteiger partial charge in [-0.1, -0.05) is 29.8 Å². The van der Waals surface area contributed by atoms with E-state index in [0.717, 1.165) is 11.1 Å². The third-order valence-corrected chi connectivity index (χ3v) is 4.26. The number of hydrogen-bond acceptors (Lipinski definition) is 3. The summed E-state index contributed by atoms with van der Waals surface area (Å²) < 4.78 is 25.1. The predicted octanol–water partition coefficient (Wildman–Crippen LogP) is 1.46. The van der Waals surface area contributed by atoms with Crippen LogP contribution in [0.4, 0.5) is 4.79 Å². The summed E-state index contributed by atoms with van der Waals surface area (Å²) in [6.07, 6.45) is 1.18. The number of carbonyl (C=O) groups excluding carboxylic acids is 1. The molecular weight excluding hydrogens is 302 g/mol. The summed E-state index contributed by atoms with van der Waals surface area (Å²) in [5.41, 5.74) is 2.05. The van der Waals surface area contributed by atoms with Gasteiger partial charge in [0.2, 0.25) is 10.0 Å². The lowest BCUT2D eigenvalue weighted by molar-refractivity contribution is 0.237. The summed E-state index contributed by atoms with van der Waals surface area (Å²) in [5.74, 6) is 0. The fourth-order valence-corrected chi connectivity index (χ4v) is 2.67. The molecule has 2 N–H and O–H groups in total. The van der Waals surface area contributed by atoms with Crippen LogP contribution >= 0.6 is 0 Å². The zero-order valence-electron chi connectivity index (χ0n) is 13.6. The van der Waals surface area contributed by atoms with Crippen LogP contribution < -0.4 is 10.6 Å². The predicted molar refractivity (Wildman–Crippen MR) is 88.1 cm³/mol.